The number of ether oxygens (including phenoxy) is 1. The van der Waals surface area contributed by atoms with Gasteiger partial charge in [0.15, 0.2) is 0 Å². The summed E-state index contributed by atoms with van der Waals surface area (Å²) >= 11 is 0. The van der Waals surface area contributed by atoms with Crippen molar-refractivity contribution in [3.63, 3.8) is 0 Å². The zero-order valence-corrected chi connectivity index (χ0v) is 22.3. The van der Waals surface area contributed by atoms with Crippen molar-refractivity contribution in [2.45, 2.75) is 26.3 Å². The van der Waals surface area contributed by atoms with Crippen LogP contribution in [0.15, 0.2) is 65.9 Å². The van der Waals surface area contributed by atoms with E-state index in [4.69, 9.17) is 9.73 Å². The second-order valence-electron chi connectivity index (χ2n) is 10.6. The average Bonchev–Trinajstić information content (AvgIpc) is 3.21. The molecule has 0 aliphatic carbocycles. The molecule has 3 aromatic rings. The Labute approximate surface area is 223 Å². The molecule has 2 aromatic carbocycles. The molecule has 4 heterocycles. The number of amides is 1. The van der Waals surface area contributed by atoms with Crippen LogP contribution in [-0.2, 0) is 4.79 Å². The van der Waals surface area contributed by atoms with Crippen LogP contribution in [0.2, 0.25) is 0 Å². The molecule has 194 valence electrons. The van der Waals surface area contributed by atoms with Gasteiger partial charge in [0.2, 0.25) is 5.95 Å². The number of nitrogens with zero attached hydrogens (tertiary/aromatic N) is 6. The first-order valence-electron chi connectivity index (χ1n) is 13.0. The van der Waals surface area contributed by atoms with Crippen LogP contribution in [0.3, 0.4) is 0 Å². The number of hydrogen-bond donors (Lipinski definition) is 0. The standard InChI is InChI=1S/C30H32N6O2/c1-20-6-8-22(9-7-20)33-26-25-17-23(38-4)16-24-21(18-30(2,3)36(27(24)25)28(26)37)19-34-12-14-35(15-13-34)29-31-10-5-11-32-29/h5-11,16-18H,12-15,19H2,1-4H3. The van der Waals surface area contributed by atoms with Gasteiger partial charge in [0.1, 0.15) is 11.5 Å². The summed E-state index contributed by atoms with van der Waals surface area (Å²) in [4.78, 5) is 34.1. The van der Waals surface area contributed by atoms with Crippen molar-refractivity contribution >= 4 is 34.5 Å². The van der Waals surface area contributed by atoms with Gasteiger partial charge in [0, 0.05) is 56.2 Å². The molecular weight excluding hydrogens is 476 g/mol. The van der Waals surface area contributed by atoms with Crippen molar-refractivity contribution in [3.8, 4) is 5.75 Å². The van der Waals surface area contributed by atoms with Crippen LogP contribution in [-0.4, -0.2) is 71.9 Å². The van der Waals surface area contributed by atoms with E-state index in [9.17, 15) is 4.79 Å². The van der Waals surface area contributed by atoms with Gasteiger partial charge in [-0.15, -0.1) is 0 Å². The van der Waals surface area contributed by atoms with E-state index in [0.717, 1.165) is 72.5 Å². The van der Waals surface area contributed by atoms with Gasteiger partial charge >= 0.3 is 0 Å². The molecule has 1 fully saturated rings. The smallest absolute Gasteiger partial charge is 0.278 e. The first-order chi connectivity index (χ1) is 18.3. The molecular formula is C30H32N6O2. The maximum absolute atomic E-state index is 13.8. The summed E-state index contributed by atoms with van der Waals surface area (Å²) in [5.41, 5.74) is 5.89. The van der Waals surface area contributed by atoms with Crippen LogP contribution in [0.4, 0.5) is 17.3 Å². The minimum atomic E-state index is -0.493. The van der Waals surface area contributed by atoms with Gasteiger partial charge in [-0.25, -0.2) is 15.0 Å². The molecule has 1 saturated heterocycles. The number of hydrogen-bond acceptors (Lipinski definition) is 7. The van der Waals surface area contributed by atoms with E-state index in [0.29, 0.717) is 5.71 Å². The first-order valence-corrected chi connectivity index (χ1v) is 13.0. The zero-order chi connectivity index (χ0) is 26.4. The Morgan fingerprint density at radius 2 is 1.68 bits per heavy atom. The van der Waals surface area contributed by atoms with Crippen molar-refractivity contribution in [1.29, 1.82) is 0 Å². The van der Waals surface area contributed by atoms with Crippen LogP contribution in [0, 0.1) is 6.92 Å². The fourth-order valence-electron chi connectivity index (χ4n) is 5.62. The summed E-state index contributed by atoms with van der Waals surface area (Å²) in [6, 6.07) is 13.8. The van der Waals surface area contributed by atoms with E-state index in [2.05, 4.69) is 45.8 Å². The number of benzene rings is 2. The highest BCUT2D eigenvalue weighted by Gasteiger charge is 2.46. The normalized spacial score (nSPS) is 19.5. The minimum absolute atomic E-state index is 0.0770. The molecule has 0 bridgehead atoms. The molecule has 6 rings (SSSR count). The van der Waals surface area contributed by atoms with E-state index in [1.54, 1.807) is 19.5 Å². The monoisotopic (exact) mass is 508 g/mol. The molecule has 38 heavy (non-hydrogen) atoms. The van der Waals surface area contributed by atoms with E-state index < -0.39 is 5.54 Å². The van der Waals surface area contributed by atoms with Crippen molar-refractivity contribution in [3.05, 3.63) is 77.6 Å². The van der Waals surface area contributed by atoms with E-state index in [-0.39, 0.29) is 5.91 Å². The molecule has 0 radical (unpaired) electrons. The van der Waals surface area contributed by atoms with Crippen LogP contribution >= 0.6 is 0 Å². The molecule has 0 spiro atoms. The molecule has 3 aliphatic rings. The third-order valence-electron chi connectivity index (χ3n) is 7.53. The van der Waals surface area contributed by atoms with Crippen LogP contribution in [0.5, 0.6) is 5.75 Å². The van der Waals surface area contributed by atoms with Crippen molar-refractivity contribution in [2.24, 2.45) is 4.99 Å². The maximum Gasteiger partial charge on any atom is 0.278 e. The summed E-state index contributed by atoms with van der Waals surface area (Å²) in [5.74, 6) is 1.43. The quantitative estimate of drug-likeness (QED) is 0.513. The summed E-state index contributed by atoms with van der Waals surface area (Å²) in [6.45, 7) is 10.6. The van der Waals surface area contributed by atoms with Gasteiger partial charge in [-0.1, -0.05) is 23.8 Å². The molecule has 0 atom stereocenters. The number of aliphatic imine (C=N–C) groups is 1. The minimum Gasteiger partial charge on any atom is -0.497 e. The van der Waals surface area contributed by atoms with Gasteiger partial charge in [-0.05, 0) is 56.7 Å². The van der Waals surface area contributed by atoms with Crippen LogP contribution in [0.25, 0.3) is 5.57 Å². The van der Waals surface area contributed by atoms with E-state index >= 15 is 0 Å². The summed E-state index contributed by atoms with van der Waals surface area (Å²) in [6.07, 6.45) is 5.81. The van der Waals surface area contributed by atoms with Gasteiger partial charge in [0.25, 0.3) is 5.91 Å². The fraction of sp³-hybridized carbons (Fsp3) is 0.333. The Morgan fingerprint density at radius 1 is 1.00 bits per heavy atom. The Morgan fingerprint density at radius 3 is 2.37 bits per heavy atom. The Balaban J connectivity index is 1.34. The van der Waals surface area contributed by atoms with E-state index in [1.165, 1.54) is 5.57 Å². The lowest BCUT2D eigenvalue weighted by Gasteiger charge is -2.41. The number of aromatic nitrogens is 2. The molecule has 1 amide bonds. The SMILES string of the molecule is COc1cc2c3c(c1)C(=Nc1ccc(C)cc1)C(=O)N3C(C)(C)C=C2CN1CCN(c2ncccn2)CC1. The highest BCUT2D eigenvalue weighted by Crippen LogP contribution is 2.47. The molecule has 3 aliphatic heterocycles. The lowest BCUT2D eigenvalue weighted by Crippen LogP contribution is -2.50. The number of anilines is 2. The van der Waals surface area contributed by atoms with E-state index in [1.807, 2.05) is 48.2 Å². The molecule has 8 nitrogen and oxygen atoms in total. The largest absolute Gasteiger partial charge is 0.497 e. The molecule has 0 unspecified atom stereocenters. The van der Waals surface area contributed by atoms with Gasteiger partial charge < -0.3 is 9.64 Å². The predicted octanol–water partition coefficient (Wildman–Crippen LogP) is 4.26. The second kappa shape index (κ2) is 9.36. The third-order valence-corrected chi connectivity index (χ3v) is 7.53. The van der Waals surface area contributed by atoms with Crippen molar-refractivity contribution < 1.29 is 9.53 Å². The summed E-state index contributed by atoms with van der Waals surface area (Å²) in [7, 11) is 1.67. The van der Waals surface area contributed by atoms with Crippen molar-refractivity contribution in [1.82, 2.24) is 14.9 Å². The number of carbonyl (C=O) groups excluding carboxylic acids is 1. The molecule has 1 aromatic heterocycles. The number of piperazine rings is 1. The van der Waals surface area contributed by atoms with Gasteiger partial charge in [-0.2, -0.15) is 0 Å². The number of carbonyl (C=O) groups is 1. The fourth-order valence-corrected chi connectivity index (χ4v) is 5.62. The van der Waals surface area contributed by atoms with Gasteiger partial charge in [0.05, 0.1) is 24.0 Å². The Kier molecular flexibility index (Phi) is 5.99. The maximum atomic E-state index is 13.8. The topological polar surface area (TPSA) is 74.2 Å². The second-order valence-corrected chi connectivity index (χ2v) is 10.6. The first kappa shape index (κ1) is 24.3. The number of aryl methyl sites for hydroxylation is 1. The number of methoxy groups -OCH3 is 1. The highest BCUT2D eigenvalue weighted by atomic mass is 16.5. The molecule has 0 N–H and O–H groups in total. The van der Waals surface area contributed by atoms with Crippen LogP contribution in [0.1, 0.15) is 30.5 Å². The summed E-state index contributed by atoms with van der Waals surface area (Å²) in [5, 5.41) is 0. The number of rotatable bonds is 5. The Bertz CT molecular complexity index is 1440. The van der Waals surface area contributed by atoms with Crippen LogP contribution < -0.4 is 14.5 Å². The highest BCUT2D eigenvalue weighted by molar-refractivity contribution is 6.55. The summed E-state index contributed by atoms with van der Waals surface area (Å²) < 4.78 is 5.70. The van der Waals surface area contributed by atoms with Gasteiger partial charge in [-0.3, -0.25) is 14.6 Å². The lowest BCUT2D eigenvalue weighted by atomic mass is 9.87. The third kappa shape index (κ3) is 4.24. The lowest BCUT2D eigenvalue weighted by molar-refractivity contribution is -0.112. The Hall–Kier alpha value is -4.04. The zero-order valence-electron chi connectivity index (χ0n) is 22.3. The van der Waals surface area contributed by atoms with Crippen molar-refractivity contribution in [2.75, 3.05) is 49.6 Å². The predicted molar refractivity (Wildman–Crippen MR) is 151 cm³/mol. The average molecular weight is 509 g/mol. The molecule has 0 saturated carbocycles. The molecule has 8 heteroatoms.